The van der Waals surface area contributed by atoms with Crippen LogP contribution in [0.3, 0.4) is 0 Å². The highest BCUT2D eigenvalue weighted by Crippen LogP contribution is 2.39. The zero-order valence-corrected chi connectivity index (χ0v) is 11.8. The summed E-state index contributed by atoms with van der Waals surface area (Å²) in [6.45, 7) is 8.21. The molecule has 1 aliphatic carbocycles. The van der Waals surface area contributed by atoms with E-state index in [1.807, 2.05) is 6.20 Å². The molecule has 100 valence electrons. The van der Waals surface area contributed by atoms with Crippen LogP contribution in [0.4, 0.5) is 0 Å². The van der Waals surface area contributed by atoms with Crippen LogP contribution in [0.15, 0.2) is 6.20 Å². The summed E-state index contributed by atoms with van der Waals surface area (Å²) in [4.78, 5) is 9.04. The van der Waals surface area contributed by atoms with Crippen molar-refractivity contribution in [1.82, 2.24) is 15.3 Å². The fourth-order valence-electron chi connectivity index (χ4n) is 2.72. The molecule has 0 aromatic carbocycles. The molecular formula is C14H23N3O. The Hall–Kier alpha value is -1.00. The van der Waals surface area contributed by atoms with Gasteiger partial charge in [0.05, 0.1) is 0 Å². The van der Waals surface area contributed by atoms with Gasteiger partial charge in [0.1, 0.15) is 6.61 Å². The number of nitrogens with one attached hydrogen (secondary N) is 1. The van der Waals surface area contributed by atoms with Gasteiger partial charge in [-0.15, -0.1) is 0 Å². The average Bonchev–Trinajstić information content (AvgIpc) is 2.27. The number of rotatable bonds is 4. The van der Waals surface area contributed by atoms with Gasteiger partial charge in [0.15, 0.2) is 5.82 Å². The van der Waals surface area contributed by atoms with Crippen molar-refractivity contribution >= 4 is 0 Å². The van der Waals surface area contributed by atoms with E-state index in [9.17, 15) is 0 Å². The molecule has 4 heteroatoms. The number of nitrogens with zero attached hydrogens (tertiary/aromatic N) is 2. The molecule has 0 saturated heterocycles. The van der Waals surface area contributed by atoms with Crippen molar-refractivity contribution in [2.45, 2.75) is 46.3 Å². The van der Waals surface area contributed by atoms with E-state index >= 15 is 0 Å². The number of fused-ring (bicyclic) bond motifs is 1. The van der Waals surface area contributed by atoms with Crippen LogP contribution in [0.2, 0.25) is 0 Å². The summed E-state index contributed by atoms with van der Waals surface area (Å²) >= 11 is 0. The first-order valence-electron chi connectivity index (χ1n) is 6.63. The molecule has 1 aromatic heterocycles. The lowest BCUT2D eigenvalue weighted by atomic mass is 9.74. The Morgan fingerprint density at radius 1 is 1.50 bits per heavy atom. The standard InChI is InChI=1S/C14H23N3O/c1-5-15-11-6-14(2,3)7-12-10(11)8-16-13(17-12)9-18-4/h8,11,15H,5-7,9H2,1-4H3. The van der Waals surface area contributed by atoms with Gasteiger partial charge in [-0.1, -0.05) is 20.8 Å². The van der Waals surface area contributed by atoms with Crippen LogP contribution in [0.5, 0.6) is 0 Å². The predicted octanol–water partition coefficient (Wildman–Crippen LogP) is 2.25. The van der Waals surface area contributed by atoms with E-state index in [1.54, 1.807) is 7.11 Å². The van der Waals surface area contributed by atoms with Crippen LogP contribution < -0.4 is 5.32 Å². The molecule has 0 amide bonds. The zero-order valence-electron chi connectivity index (χ0n) is 11.8. The van der Waals surface area contributed by atoms with E-state index in [4.69, 9.17) is 4.74 Å². The molecule has 1 atom stereocenters. The molecule has 1 aromatic rings. The fraction of sp³-hybridized carbons (Fsp3) is 0.714. The highest BCUT2D eigenvalue weighted by molar-refractivity contribution is 5.26. The normalized spacial score (nSPS) is 21.7. The lowest BCUT2D eigenvalue weighted by Crippen LogP contribution is -2.34. The van der Waals surface area contributed by atoms with Crippen LogP contribution in [-0.2, 0) is 17.8 Å². The van der Waals surface area contributed by atoms with Gasteiger partial charge >= 0.3 is 0 Å². The summed E-state index contributed by atoms with van der Waals surface area (Å²) in [6, 6.07) is 0.380. The Bertz CT molecular complexity index is 418. The summed E-state index contributed by atoms with van der Waals surface area (Å²) in [5, 5.41) is 3.54. The summed E-state index contributed by atoms with van der Waals surface area (Å²) in [6.07, 6.45) is 4.13. The molecule has 0 aliphatic heterocycles. The average molecular weight is 249 g/mol. The van der Waals surface area contributed by atoms with Crippen molar-refractivity contribution in [3.63, 3.8) is 0 Å². The molecule has 2 rings (SSSR count). The second-order valence-corrected chi connectivity index (χ2v) is 5.78. The lowest BCUT2D eigenvalue weighted by molar-refractivity contribution is 0.176. The lowest BCUT2D eigenvalue weighted by Gasteiger charge is -2.36. The first-order valence-corrected chi connectivity index (χ1v) is 6.63. The molecule has 0 spiro atoms. The minimum absolute atomic E-state index is 0.290. The Kier molecular flexibility index (Phi) is 3.97. The summed E-state index contributed by atoms with van der Waals surface area (Å²) in [5.74, 6) is 0.782. The maximum Gasteiger partial charge on any atom is 0.154 e. The van der Waals surface area contributed by atoms with Crippen molar-refractivity contribution in [3.8, 4) is 0 Å². The van der Waals surface area contributed by atoms with Gasteiger partial charge < -0.3 is 10.1 Å². The number of hydrogen-bond acceptors (Lipinski definition) is 4. The Labute approximate surface area is 109 Å². The molecule has 1 unspecified atom stereocenters. The molecule has 1 aliphatic rings. The number of methoxy groups -OCH3 is 1. The molecule has 0 bridgehead atoms. The van der Waals surface area contributed by atoms with Gasteiger partial charge in [0.2, 0.25) is 0 Å². The minimum atomic E-state index is 0.290. The van der Waals surface area contributed by atoms with Crippen molar-refractivity contribution in [2.75, 3.05) is 13.7 Å². The molecule has 0 radical (unpaired) electrons. The number of aromatic nitrogens is 2. The van der Waals surface area contributed by atoms with Crippen molar-refractivity contribution in [2.24, 2.45) is 5.41 Å². The van der Waals surface area contributed by atoms with Gasteiger partial charge in [0, 0.05) is 30.6 Å². The molecule has 18 heavy (non-hydrogen) atoms. The second kappa shape index (κ2) is 5.33. The van der Waals surface area contributed by atoms with Gasteiger partial charge in [0.25, 0.3) is 0 Å². The third-order valence-corrected chi connectivity index (χ3v) is 3.45. The quantitative estimate of drug-likeness (QED) is 0.889. The summed E-state index contributed by atoms with van der Waals surface area (Å²) < 4.78 is 5.10. The molecule has 1 heterocycles. The SMILES string of the molecule is CCNC1CC(C)(C)Cc2nc(COC)ncc21. The van der Waals surface area contributed by atoms with E-state index in [1.165, 1.54) is 11.3 Å². The second-order valence-electron chi connectivity index (χ2n) is 5.78. The summed E-state index contributed by atoms with van der Waals surface area (Å²) in [5.41, 5.74) is 2.73. The Balaban J connectivity index is 2.32. The van der Waals surface area contributed by atoms with Gasteiger partial charge in [-0.3, -0.25) is 0 Å². The first-order chi connectivity index (χ1) is 8.55. The maximum absolute atomic E-state index is 5.10. The first kappa shape index (κ1) is 13.4. The van der Waals surface area contributed by atoms with Crippen LogP contribution in [0, 0.1) is 5.41 Å². The third-order valence-electron chi connectivity index (χ3n) is 3.45. The van der Waals surface area contributed by atoms with Crippen LogP contribution in [-0.4, -0.2) is 23.6 Å². The van der Waals surface area contributed by atoms with Crippen LogP contribution >= 0.6 is 0 Å². The van der Waals surface area contributed by atoms with Gasteiger partial charge in [-0.05, 0) is 24.8 Å². The zero-order chi connectivity index (χ0) is 13.2. The Morgan fingerprint density at radius 2 is 2.28 bits per heavy atom. The highest BCUT2D eigenvalue weighted by Gasteiger charge is 2.33. The smallest absolute Gasteiger partial charge is 0.154 e. The monoisotopic (exact) mass is 249 g/mol. The van der Waals surface area contributed by atoms with E-state index < -0.39 is 0 Å². The molecule has 4 nitrogen and oxygen atoms in total. The maximum atomic E-state index is 5.10. The summed E-state index contributed by atoms with van der Waals surface area (Å²) in [7, 11) is 1.67. The Morgan fingerprint density at radius 3 is 2.94 bits per heavy atom. The number of hydrogen-bond donors (Lipinski definition) is 1. The molecule has 1 N–H and O–H groups in total. The van der Waals surface area contributed by atoms with Crippen LogP contribution in [0.1, 0.15) is 50.3 Å². The van der Waals surface area contributed by atoms with Gasteiger partial charge in [-0.2, -0.15) is 0 Å². The van der Waals surface area contributed by atoms with Crippen molar-refractivity contribution in [1.29, 1.82) is 0 Å². The third kappa shape index (κ3) is 2.87. The van der Waals surface area contributed by atoms with E-state index in [-0.39, 0.29) is 0 Å². The molecular weight excluding hydrogens is 226 g/mol. The van der Waals surface area contributed by atoms with Crippen molar-refractivity contribution < 1.29 is 4.74 Å². The molecule has 0 saturated carbocycles. The van der Waals surface area contributed by atoms with E-state index in [2.05, 4.69) is 36.1 Å². The topological polar surface area (TPSA) is 47.0 Å². The van der Waals surface area contributed by atoms with Crippen molar-refractivity contribution in [3.05, 3.63) is 23.3 Å². The number of ether oxygens (including phenoxy) is 1. The van der Waals surface area contributed by atoms with E-state index in [0.29, 0.717) is 18.1 Å². The highest BCUT2D eigenvalue weighted by atomic mass is 16.5. The molecule has 0 fully saturated rings. The minimum Gasteiger partial charge on any atom is -0.377 e. The van der Waals surface area contributed by atoms with E-state index in [0.717, 1.165) is 25.2 Å². The van der Waals surface area contributed by atoms with Crippen LogP contribution in [0.25, 0.3) is 0 Å². The van der Waals surface area contributed by atoms with Gasteiger partial charge in [-0.25, -0.2) is 9.97 Å². The largest absolute Gasteiger partial charge is 0.377 e. The predicted molar refractivity (Wildman–Crippen MR) is 71.3 cm³/mol. The fourth-order valence-corrected chi connectivity index (χ4v) is 2.72.